The minimum atomic E-state index is -0.939. The Bertz CT molecular complexity index is 120. The molecule has 0 aliphatic rings. The fourth-order valence-corrected chi connectivity index (χ4v) is 0.888. The zero-order valence-electron chi connectivity index (χ0n) is 9.35. The minimum absolute atomic E-state index is 0.0488. The van der Waals surface area contributed by atoms with Crippen molar-refractivity contribution < 1.29 is 24.4 Å². The van der Waals surface area contributed by atoms with Crippen molar-refractivity contribution in [2.75, 3.05) is 39.6 Å². The summed E-state index contributed by atoms with van der Waals surface area (Å²) in [7, 11) is 0. The van der Waals surface area contributed by atoms with Crippen molar-refractivity contribution in [3.05, 3.63) is 0 Å². The Morgan fingerprint density at radius 1 is 1.07 bits per heavy atom. The number of aliphatic hydroxyl groups is 2. The second-order valence-corrected chi connectivity index (χ2v) is 3.09. The van der Waals surface area contributed by atoms with Crippen LogP contribution in [0.15, 0.2) is 0 Å². The maximum Gasteiger partial charge on any atom is 0.178 e. The molecule has 5 nitrogen and oxygen atoms in total. The molecular weight excluding hydrogens is 200 g/mol. The molecule has 1 atom stereocenters. The predicted molar refractivity (Wildman–Crippen MR) is 55.6 cm³/mol. The third-order valence-electron chi connectivity index (χ3n) is 1.68. The average Bonchev–Trinajstić information content (AvgIpc) is 2.23. The van der Waals surface area contributed by atoms with E-state index < -0.39 is 6.29 Å². The Morgan fingerprint density at radius 2 is 1.87 bits per heavy atom. The maximum atomic E-state index is 9.19. The van der Waals surface area contributed by atoms with Gasteiger partial charge in [-0.2, -0.15) is 0 Å². The van der Waals surface area contributed by atoms with E-state index in [0.29, 0.717) is 13.2 Å². The van der Waals surface area contributed by atoms with Gasteiger partial charge in [-0.25, -0.2) is 0 Å². The monoisotopic (exact) mass is 222 g/mol. The number of ether oxygens (including phenoxy) is 3. The molecule has 0 aliphatic carbocycles. The first-order chi connectivity index (χ1) is 7.31. The molecule has 0 spiro atoms. The summed E-state index contributed by atoms with van der Waals surface area (Å²) in [4.78, 5) is 0. The highest BCUT2D eigenvalue weighted by Crippen LogP contribution is 1.91. The van der Waals surface area contributed by atoms with Crippen LogP contribution in [-0.2, 0) is 14.2 Å². The van der Waals surface area contributed by atoms with Gasteiger partial charge in [0.15, 0.2) is 6.29 Å². The molecule has 1 unspecified atom stereocenters. The maximum absolute atomic E-state index is 9.19. The standard InChI is InChI=1S/C10H22O5/c1-2-3-5-13-7-8-15-10(12)9-14-6-4-11/h10-12H,2-9H2,1H3. The molecule has 0 saturated heterocycles. The van der Waals surface area contributed by atoms with Crippen LogP contribution in [0.3, 0.4) is 0 Å². The van der Waals surface area contributed by atoms with E-state index in [4.69, 9.17) is 19.3 Å². The number of hydrogen-bond acceptors (Lipinski definition) is 5. The molecule has 0 aliphatic heterocycles. The smallest absolute Gasteiger partial charge is 0.178 e. The highest BCUT2D eigenvalue weighted by atomic mass is 16.6. The Balaban J connectivity index is 3.06. The van der Waals surface area contributed by atoms with Gasteiger partial charge in [-0.05, 0) is 6.42 Å². The molecule has 92 valence electrons. The average molecular weight is 222 g/mol. The molecular formula is C10H22O5. The zero-order valence-corrected chi connectivity index (χ0v) is 9.35. The van der Waals surface area contributed by atoms with Crippen LogP contribution in [0.5, 0.6) is 0 Å². The van der Waals surface area contributed by atoms with Gasteiger partial charge in [0.05, 0.1) is 33.0 Å². The second kappa shape index (κ2) is 11.9. The number of rotatable bonds is 11. The Hall–Kier alpha value is -0.200. The normalized spacial score (nSPS) is 13.0. The van der Waals surface area contributed by atoms with Crippen molar-refractivity contribution in [2.45, 2.75) is 26.1 Å². The molecule has 0 aromatic rings. The highest BCUT2D eigenvalue weighted by Gasteiger charge is 2.03. The lowest BCUT2D eigenvalue weighted by molar-refractivity contribution is -0.147. The van der Waals surface area contributed by atoms with Crippen LogP contribution in [-0.4, -0.2) is 56.1 Å². The van der Waals surface area contributed by atoms with E-state index in [2.05, 4.69) is 6.92 Å². The van der Waals surface area contributed by atoms with Crippen molar-refractivity contribution in [1.82, 2.24) is 0 Å². The minimum Gasteiger partial charge on any atom is -0.394 e. The number of unbranched alkanes of at least 4 members (excludes halogenated alkanes) is 1. The van der Waals surface area contributed by atoms with Crippen molar-refractivity contribution >= 4 is 0 Å². The molecule has 2 N–H and O–H groups in total. The Kier molecular flexibility index (Phi) is 11.7. The summed E-state index contributed by atoms with van der Waals surface area (Å²) >= 11 is 0. The van der Waals surface area contributed by atoms with Gasteiger partial charge in [-0.3, -0.25) is 0 Å². The molecule has 0 aromatic heterocycles. The summed E-state index contributed by atoms with van der Waals surface area (Å²) in [6, 6.07) is 0. The van der Waals surface area contributed by atoms with Crippen molar-refractivity contribution in [3.63, 3.8) is 0 Å². The Morgan fingerprint density at radius 3 is 2.53 bits per heavy atom. The largest absolute Gasteiger partial charge is 0.394 e. The number of aliphatic hydroxyl groups excluding tert-OH is 2. The van der Waals surface area contributed by atoms with E-state index in [-0.39, 0.29) is 19.8 Å². The number of hydrogen-bond donors (Lipinski definition) is 2. The lowest BCUT2D eigenvalue weighted by Crippen LogP contribution is -2.22. The SMILES string of the molecule is CCCCOCCOC(O)COCCO. The van der Waals surface area contributed by atoms with Crippen molar-refractivity contribution in [3.8, 4) is 0 Å². The van der Waals surface area contributed by atoms with Gasteiger partial charge in [-0.1, -0.05) is 13.3 Å². The van der Waals surface area contributed by atoms with Gasteiger partial charge >= 0.3 is 0 Å². The summed E-state index contributed by atoms with van der Waals surface area (Å²) in [5.41, 5.74) is 0. The lowest BCUT2D eigenvalue weighted by atomic mass is 10.4. The van der Waals surface area contributed by atoms with Gasteiger partial charge < -0.3 is 24.4 Å². The first-order valence-corrected chi connectivity index (χ1v) is 5.37. The molecule has 0 saturated carbocycles. The van der Waals surface area contributed by atoms with Crippen LogP contribution in [0, 0.1) is 0 Å². The van der Waals surface area contributed by atoms with E-state index in [9.17, 15) is 5.11 Å². The fourth-order valence-electron chi connectivity index (χ4n) is 0.888. The van der Waals surface area contributed by atoms with Crippen LogP contribution in [0.1, 0.15) is 19.8 Å². The molecule has 0 fully saturated rings. The highest BCUT2D eigenvalue weighted by molar-refractivity contribution is 4.39. The summed E-state index contributed by atoms with van der Waals surface area (Å²) in [5, 5.41) is 17.6. The van der Waals surface area contributed by atoms with Crippen LogP contribution in [0.2, 0.25) is 0 Å². The fraction of sp³-hybridized carbons (Fsp3) is 1.00. The van der Waals surface area contributed by atoms with Crippen LogP contribution in [0.25, 0.3) is 0 Å². The van der Waals surface area contributed by atoms with E-state index in [0.717, 1.165) is 19.4 Å². The zero-order chi connectivity index (χ0) is 11.4. The van der Waals surface area contributed by atoms with E-state index in [1.807, 2.05) is 0 Å². The molecule has 0 aromatic carbocycles. The summed E-state index contributed by atoms with van der Waals surface area (Å²) in [6.45, 7) is 3.92. The summed E-state index contributed by atoms with van der Waals surface area (Å²) in [5.74, 6) is 0. The van der Waals surface area contributed by atoms with Gasteiger partial charge in [0.25, 0.3) is 0 Å². The van der Waals surface area contributed by atoms with E-state index in [1.54, 1.807) is 0 Å². The summed E-state index contributed by atoms with van der Waals surface area (Å²) < 4.78 is 15.1. The lowest BCUT2D eigenvalue weighted by Gasteiger charge is -2.11. The molecule has 0 heterocycles. The quantitative estimate of drug-likeness (QED) is 0.384. The summed E-state index contributed by atoms with van der Waals surface area (Å²) in [6.07, 6.45) is 1.21. The van der Waals surface area contributed by atoms with Gasteiger partial charge in [0.2, 0.25) is 0 Å². The topological polar surface area (TPSA) is 68.2 Å². The molecule has 0 radical (unpaired) electrons. The van der Waals surface area contributed by atoms with E-state index in [1.165, 1.54) is 0 Å². The van der Waals surface area contributed by atoms with Crippen LogP contribution < -0.4 is 0 Å². The van der Waals surface area contributed by atoms with Gasteiger partial charge in [0.1, 0.15) is 0 Å². The third-order valence-corrected chi connectivity index (χ3v) is 1.68. The molecule has 0 bridgehead atoms. The van der Waals surface area contributed by atoms with Crippen LogP contribution >= 0.6 is 0 Å². The van der Waals surface area contributed by atoms with Gasteiger partial charge in [0, 0.05) is 6.61 Å². The molecule has 0 rings (SSSR count). The van der Waals surface area contributed by atoms with Gasteiger partial charge in [-0.15, -0.1) is 0 Å². The Labute approximate surface area is 91.0 Å². The first kappa shape index (κ1) is 14.8. The van der Waals surface area contributed by atoms with Crippen LogP contribution in [0.4, 0.5) is 0 Å². The third kappa shape index (κ3) is 11.7. The molecule has 0 amide bonds. The predicted octanol–water partition coefficient (Wildman–Crippen LogP) is 0.147. The van der Waals surface area contributed by atoms with Crippen molar-refractivity contribution in [1.29, 1.82) is 0 Å². The second-order valence-electron chi connectivity index (χ2n) is 3.09. The molecule has 5 heteroatoms. The molecule has 15 heavy (non-hydrogen) atoms. The first-order valence-electron chi connectivity index (χ1n) is 5.37. The van der Waals surface area contributed by atoms with Crippen molar-refractivity contribution in [2.24, 2.45) is 0 Å². The van der Waals surface area contributed by atoms with E-state index >= 15 is 0 Å².